The molecule has 7 nitrogen and oxygen atoms in total. The number of rotatable bonds is 5. The molecule has 2 N–H and O–H groups in total. The first kappa shape index (κ1) is 16.1. The van der Waals surface area contributed by atoms with Crippen LogP contribution in [0, 0.1) is 6.92 Å². The maximum atomic E-state index is 12.0. The molecule has 0 amide bonds. The number of aryl methyl sites for hydroxylation is 1. The summed E-state index contributed by atoms with van der Waals surface area (Å²) in [6.45, 7) is 2.73. The lowest BCUT2D eigenvalue weighted by Gasteiger charge is -2.12. The van der Waals surface area contributed by atoms with E-state index in [1.165, 1.54) is 39.2 Å². The second-order valence-electron chi connectivity index (χ2n) is 4.15. The maximum absolute atomic E-state index is 12.0. The van der Waals surface area contributed by atoms with Gasteiger partial charge in [0.05, 0.1) is 17.6 Å². The summed E-state index contributed by atoms with van der Waals surface area (Å²) in [5.41, 5.74) is 0.535. The lowest BCUT2D eigenvalue weighted by molar-refractivity contribution is -0.138. The summed E-state index contributed by atoms with van der Waals surface area (Å²) in [5, 5.41) is 8.72. The van der Waals surface area contributed by atoms with Crippen LogP contribution >= 0.6 is 0 Å². The number of carboxylic acid groups (broad SMARTS) is 1. The van der Waals surface area contributed by atoms with Crippen LogP contribution in [-0.4, -0.2) is 38.6 Å². The van der Waals surface area contributed by atoms with Crippen LogP contribution in [-0.2, 0) is 19.6 Å². The molecule has 1 aromatic carbocycles. The predicted molar refractivity (Wildman–Crippen MR) is 69.9 cm³/mol. The highest BCUT2D eigenvalue weighted by atomic mass is 32.2. The largest absolute Gasteiger partial charge is 0.480 e. The first-order valence-electron chi connectivity index (χ1n) is 5.63. The summed E-state index contributed by atoms with van der Waals surface area (Å²) in [6, 6.07) is 2.66. The molecule has 8 heteroatoms. The van der Waals surface area contributed by atoms with Crippen molar-refractivity contribution in [2.24, 2.45) is 0 Å². The molecule has 0 radical (unpaired) electrons. The summed E-state index contributed by atoms with van der Waals surface area (Å²) in [4.78, 5) is 21.9. The van der Waals surface area contributed by atoms with Crippen LogP contribution in [0.15, 0.2) is 23.1 Å². The maximum Gasteiger partial charge on any atom is 0.337 e. The van der Waals surface area contributed by atoms with Gasteiger partial charge in [-0.05, 0) is 37.6 Å². The van der Waals surface area contributed by atoms with Gasteiger partial charge in [-0.3, -0.25) is 4.79 Å². The molecule has 0 fully saturated rings. The molecule has 0 unspecified atom stereocenters. The van der Waals surface area contributed by atoms with E-state index in [1.807, 2.05) is 4.72 Å². The molecular weight excluding hydrogens is 286 g/mol. The minimum atomic E-state index is -3.97. The second-order valence-corrected chi connectivity index (χ2v) is 5.84. The quantitative estimate of drug-likeness (QED) is 0.768. The number of carbonyl (C=O) groups excluding carboxylic acids is 1. The molecule has 1 atom stereocenters. The summed E-state index contributed by atoms with van der Waals surface area (Å²) >= 11 is 0. The molecule has 20 heavy (non-hydrogen) atoms. The second kappa shape index (κ2) is 6.02. The highest BCUT2D eigenvalue weighted by molar-refractivity contribution is 7.89. The van der Waals surface area contributed by atoms with Crippen LogP contribution in [0.25, 0.3) is 0 Å². The van der Waals surface area contributed by atoms with Crippen LogP contribution in [0.1, 0.15) is 22.8 Å². The number of hydrogen-bond donors (Lipinski definition) is 2. The molecule has 0 spiro atoms. The molecule has 110 valence electrons. The van der Waals surface area contributed by atoms with Gasteiger partial charge in [-0.1, -0.05) is 0 Å². The zero-order valence-electron chi connectivity index (χ0n) is 11.2. The highest BCUT2D eigenvalue weighted by Crippen LogP contribution is 2.17. The van der Waals surface area contributed by atoms with Gasteiger partial charge in [0.15, 0.2) is 0 Å². The van der Waals surface area contributed by atoms with Crippen molar-refractivity contribution in [3.63, 3.8) is 0 Å². The Morgan fingerprint density at radius 2 is 1.95 bits per heavy atom. The van der Waals surface area contributed by atoms with Crippen LogP contribution in [0.2, 0.25) is 0 Å². The zero-order valence-corrected chi connectivity index (χ0v) is 12.0. The van der Waals surface area contributed by atoms with E-state index >= 15 is 0 Å². The lowest BCUT2D eigenvalue weighted by atomic mass is 10.1. The Balaban J connectivity index is 3.14. The van der Waals surface area contributed by atoms with Crippen molar-refractivity contribution >= 4 is 22.0 Å². The van der Waals surface area contributed by atoms with E-state index in [0.29, 0.717) is 5.56 Å². The topological polar surface area (TPSA) is 110 Å². The van der Waals surface area contributed by atoms with Crippen LogP contribution < -0.4 is 4.72 Å². The number of aliphatic carboxylic acids is 1. The lowest BCUT2D eigenvalue weighted by Crippen LogP contribution is -2.38. The summed E-state index contributed by atoms with van der Waals surface area (Å²) in [5.74, 6) is -1.86. The van der Waals surface area contributed by atoms with Gasteiger partial charge in [-0.25, -0.2) is 13.2 Å². The van der Waals surface area contributed by atoms with E-state index in [4.69, 9.17) is 5.11 Å². The average Bonchev–Trinajstić information content (AvgIpc) is 2.36. The van der Waals surface area contributed by atoms with E-state index < -0.39 is 28.0 Å². The zero-order chi connectivity index (χ0) is 15.5. The van der Waals surface area contributed by atoms with Gasteiger partial charge in [0, 0.05) is 0 Å². The Morgan fingerprint density at radius 3 is 2.40 bits per heavy atom. The van der Waals surface area contributed by atoms with Gasteiger partial charge >= 0.3 is 11.9 Å². The number of carboxylic acids is 1. The van der Waals surface area contributed by atoms with Crippen LogP contribution in [0.4, 0.5) is 0 Å². The Morgan fingerprint density at radius 1 is 1.35 bits per heavy atom. The Bertz CT molecular complexity index is 637. The molecule has 0 aliphatic carbocycles. The Labute approximate surface area is 116 Å². The van der Waals surface area contributed by atoms with Crippen molar-refractivity contribution in [1.82, 2.24) is 4.72 Å². The molecule has 0 saturated heterocycles. The number of benzene rings is 1. The fourth-order valence-electron chi connectivity index (χ4n) is 1.54. The molecule has 0 aromatic heterocycles. The van der Waals surface area contributed by atoms with Crippen molar-refractivity contribution in [2.45, 2.75) is 24.8 Å². The van der Waals surface area contributed by atoms with Crippen molar-refractivity contribution < 1.29 is 27.9 Å². The molecule has 0 bridgehead atoms. The average molecular weight is 301 g/mol. The first-order valence-corrected chi connectivity index (χ1v) is 7.11. The highest BCUT2D eigenvalue weighted by Gasteiger charge is 2.23. The SMILES string of the molecule is COC(=O)c1ccc(S(=O)(=O)N[C@H](C)C(=O)O)c(C)c1. The number of sulfonamides is 1. The van der Waals surface area contributed by atoms with Crippen molar-refractivity contribution in [3.05, 3.63) is 29.3 Å². The van der Waals surface area contributed by atoms with Gasteiger partial charge in [0.1, 0.15) is 6.04 Å². The molecule has 1 rings (SSSR count). The molecule has 0 aliphatic rings. The van der Waals surface area contributed by atoms with E-state index in [9.17, 15) is 18.0 Å². The van der Waals surface area contributed by atoms with Crippen LogP contribution in [0.5, 0.6) is 0 Å². The van der Waals surface area contributed by atoms with Gasteiger partial charge in [0.25, 0.3) is 0 Å². The predicted octanol–water partition coefficient (Wildman–Crippen LogP) is 0.533. The fraction of sp³-hybridized carbons (Fsp3) is 0.333. The molecule has 0 heterocycles. The third-order valence-corrected chi connectivity index (χ3v) is 4.29. The number of ether oxygens (including phenoxy) is 1. The van der Waals surface area contributed by atoms with E-state index in [1.54, 1.807) is 0 Å². The number of methoxy groups -OCH3 is 1. The molecule has 1 aromatic rings. The number of nitrogens with one attached hydrogen (secondary N) is 1. The molecular formula is C12H15NO6S. The fourth-order valence-corrected chi connectivity index (χ4v) is 2.97. The summed E-state index contributed by atoms with van der Waals surface area (Å²) in [6.07, 6.45) is 0. The molecule has 0 saturated carbocycles. The standard InChI is InChI=1S/C12H15NO6S/c1-7-6-9(12(16)19-3)4-5-10(7)20(17,18)13-8(2)11(14)15/h4-6,8,13H,1-3H3,(H,14,15)/t8-/m1/s1. The normalized spacial score (nSPS) is 12.8. The number of esters is 1. The van der Waals surface area contributed by atoms with E-state index in [2.05, 4.69) is 4.74 Å². The van der Waals surface area contributed by atoms with Gasteiger partial charge in [-0.2, -0.15) is 4.72 Å². The number of hydrogen-bond acceptors (Lipinski definition) is 5. The Kier molecular flexibility index (Phi) is 4.85. The van der Waals surface area contributed by atoms with Crippen LogP contribution in [0.3, 0.4) is 0 Å². The minimum Gasteiger partial charge on any atom is -0.480 e. The third-order valence-electron chi connectivity index (χ3n) is 2.59. The van der Waals surface area contributed by atoms with Gasteiger partial charge in [-0.15, -0.1) is 0 Å². The minimum absolute atomic E-state index is 0.0850. The Hall–Kier alpha value is -1.93. The van der Waals surface area contributed by atoms with E-state index in [-0.39, 0.29) is 10.5 Å². The molecule has 0 aliphatic heterocycles. The summed E-state index contributed by atoms with van der Waals surface area (Å²) in [7, 11) is -2.75. The number of carbonyl (C=O) groups is 2. The first-order chi connectivity index (χ1) is 9.19. The third kappa shape index (κ3) is 3.55. The van der Waals surface area contributed by atoms with Crippen molar-refractivity contribution in [1.29, 1.82) is 0 Å². The monoisotopic (exact) mass is 301 g/mol. The summed E-state index contributed by atoms with van der Waals surface area (Å²) < 4.78 is 30.6. The van der Waals surface area contributed by atoms with E-state index in [0.717, 1.165) is 0 Å². The van der Waals surface area contributed by atoms with Gasteiger partial charge in [0.2, 0.25) is 10.0 Å². The van der Waals surface area contributed by atoms with Crippen molar-refractivity contribution in [2.75, 3.05) is 7.11 Å². The smallest absolute Gasteiger partial charge is 0.337 e. The van der Waals surface area contributed by atoms with Gasteiger partial charge < -0.3 is 9.84 Å². The van der Waals surface area contributed by atoms with Crippen molar-refractivity contribution in [3.8, 4) is 0 Å².